The summed E-state index contributed by atoms with van der Waals surface area (Å²) in [4.78, 5) is 2.57. The third-order valence-electron chi connectivity index (χ3n) is 4.01. The lowest BCUT2D eigenvalue weighted by atomic mass is 9.90. The van der Waals surface area contributed by atoms with Crippen LogP contribution in [-0.4, -0.2) is 44.3 Å². The summed E-state index contributed by atoms with van der Waals surface area (Å²) >= 11 is 0. The largest absolute Gasteiger partial charge is 0.381 e. The third kappa shape index (κ3) is 2.92. The maximum absolute atomic E-state index is 5.80. The number of nitrogens with zero attached hydrogens (tertiary/aromatic N) is 1. The van der Waals surface area contributed by atoms with E-state index < -0.39 is 0 Å². The molecule has 3 nitrogen and oxygen atoms in total. The Balaban J connectivity index is 1.68. The normalized spacial score (nSPS) is 37.6. The molecule has 2 heterocycles. The molecule has 2 fully saturated rings. The van der Waals surface area contributed by atoms with Crippen LogP contribution >= 0.6 is 0 Å². The third-order valence-corrected chi connectivity index (χ3v) is 4.01. The van der Waals surface area contributed by atoms with E-state index in [9.17, 15) is 0 Å². The molecule has 0 aromatic carbocycles. The lowest BCUT2D eigenvalue weighted by molar-refractivity contribution is 0.179. The minimum atomic E-state index is 0.381. The Hall–Kier alpha value is -0.120. The number of likely N-dealkylation sites (tertiary alicyclic amines) is 1. The Bertz CT molecular complexity index is 204. The standard InChI is InChI=1S/C12H24N2O/c1-12(9-13)4-6-14(10-12)5-2-11-3-7-15-8-11/h11H,2-10,13H2,1H3. The molecule has 2 aliphatic heterocycles. The van der Waals surface area contributed by atoms with Gasteiger partial charge in [-0.3, -0.25) is 0 Å². The summed E-state index contributed by atoms with van der Waals surface area (Å²) in [6.07, 6.45) is 3.84. The van der Waals surface area contributed by atoms with E-state index in [-0.39, 0.29) is 0 Å². The van der Waals surface area contributed by atoms with Crippen LogP contribution in [-0.2, 0) is 4.74 Å². The summed E-state index contributed by atoms with van der Waals surface area (Å²) in [7, 11) is 0. The van der Waals surface area contributed by atoms with Gasteiger partial charge in [-0.2, -0.15) is 0 Å². The van der Waals surface area contributed by atoms with Crippen molar-refractivity contribution in [3.8, 4) is 0 Å². The summed E-state index contributed by atoms with van der Waals surface area (Å²) in [5.41, 5.74) is 6.18. The SMILES string of the molecule is CC1(CN)CCN(CCC2CCOC2)C1. The van der Waals surface area contributed by atoms with Gasteiger partial charge in [0.05, 0.1) is 0 Å². The summed E-state index contributed by atoms with van der Waals surface area (Å²) in [5, 5.41) is 0. The molecule has 2 aliphatic rings. The molecule has 0 radical (unpaired) electrons. The summed E-state index contributed by atoms with van der Waals surface area (Å²) in [5.74, 6) is 0.815. The Morgan fingerprint density at radius 1 is 1.53 bits per heavy atom. The van der Waals surface area contributed by atoms with Crippen molar-refractivity contribution < 1.29 is 4.74 Å². The molecule has 2 rings (SSSR count). The van der Waals surface area contributed by atoms with Gasteiger partial charge in [0.1, 0.15) is 0 Å². The topological polar surface area (TPSA) is 38.5 Å². The zero-order chi connectivity index (χ0) is 10.7. The maximum Gasteiger partial charge on any atom is 0.0495 e. The van der Waals surface area contributed by atoms with Crippen LogP contribution in [0.25, 0.3) is 0 Å². The molecule has 2 atom stereocenters. The molecule has 2 N–H and O–H groups in total. The lowest BCUT2D eigenvalue weighted by Gasteiger charge is -2.23. The average Bonchev–Trinajstić information content (AvgIpc) is 2.85. The molecule has 88 valence electrons. The van der Waals surface area contributed by atoms with Crippen LogP contribution < -0.4 is 5.73 Å². The molecule has 0 spiro atoms. The van der Waals surface area contributed by atoms with Crippen molar-refractivity contribution in [2.75, 3.05) is 39.4 Å². The smallest absolute Gasteiger partial charge is 0.0495 e. The maximum atomic E-state index is 5.80. The van der Waals surface area contributed by atoms with Gasteiger partial charge < -0.3 is 15.4 Å². The quantitative estimate of drug-likeness (QED) is 0.758. The zero-order valence-electron chi connectivity index (χ0n) is 9.87. The van der Waals surface area contributed by atoms with Crippen LogP contribution in [0.1, 0.15) is 26.2 Å². The average molecular weight is 212 g/mol. The molecule has 2 saturated heterocycles. The van der Waals surface area contributed by atoms with E-state index >= 15 is 0 Å². The van der Waals surface area contributed by atoms with Gasteiger partial charge in [0, 0.05) is 19.8 Å². The fraction of sp³-hybridized carbons (Fsp3) is 1.00. The Labute approximate surface area is 93.0 Å². The predicted octanol–water partition coefficient (Wildman–Crippen LogP) is 1.08. The minimum Gasteiger partial charge on any atom is -0.381 e. The van der Waals surface area contributed by atoms with Crippen molar-refractivity contribution >= 4 is 0 Å². The second kappa shape index (κ2) is 4.81. The molecule has 0 aliphatic carbocycles. The first-order valence-corrected chi connectivity index (χ1v) is 6.22. The molecule has 0 bridgehead atoms. The Morgan fingerprint density at radius 2 is 2.40 bits per heavy atom. The fourth-order valence-electron chi connectivity index (χ4n) is 2.66. The summed E-state index contributed by atoms with van der Waals surface area (Å²) < 4.78 is 5.40. The van der Waals surface area contributed by atoms with E-state index in [4.69, 9.17) is 10.5 Å². The van der Waals surface area contributed by atoms with Crippen molar-refractivity contribution in [1.82, 2.24) is 4.90 Å². The van der Waals surface area contributed by atoms with E-state index in [1.54, 1.807) is 0 Å². The highest BCUT2D eigenvalue weighted by Crippen LogP contribution is 2.29. The summed E-state index contributed by atoms with van der Waals surface area (Å²) in [6, 6.07) is 0. The molecule has 0 amide bonds. The van der Waals surface area contributed by atoms with Crippen LogP contribution in [0.2, 0.25) is 0 Å². The van der Waals surface area contributed by atoms with Crippen LogP contribution in [0.4, 0.5) is 0 Å². The highest BCUT2D eigenvalue weighted by Gasteiger charge is 2.32. The van der Waals surface area contributed by atoms with Crippen LogP contribution in [0.3, 0.4) is 0 Å². The van der Waals surface area contributed by atoms with Crippen LogP contribution in [0, 0.1) is 11.3 Å². The molecular weight excluding hydrogens is 188 g/mol. The van der Waals surface area contributed by atoms with E-state index in [0.717, 1.165) is 25.7 Å². The number of nitrogens with two attached hydrogens (primary N) is 1. The molecule has 3 heteroatoms. The molecule has 0 aromatic heterocycles. The van der Waals surface area contributed by atoms with Crippen LogP contribution in [0.5, 0.6) is 0 Å². The zero-order valence-corrected chi connectivity index (χ0v) is 9.87. The second-order valence-electron chi connectivity index (χ2n) is 5.56. The van der Waals surface area contributed by atoms with Gasteiger partial charge in [-0.1, -0.05) is 6.92 Å². The van der Waals surface area contributed by atoms with Gasteiger partial charge >= 0.3 is 0 Å². The van der Waals surface area contributed by atoms with Crippen molar-refractivity contribution in [3.05, 3.63) is 0 Å². The summed E-state index contributed by atoms with van der Waals surface area (Å²) in [6.45, 7) is 8.77. The number of hydrogen-bond donors (Lipinski definition) is 1. The minimum absolute atomic E-state index is 0.381. The Morgan fingerprint density at radius 3 is 3.00 bits per heavy atom. The molecule has 2 unspecified atom stereocenters. The first-order chi connectivity index (χ1) is 7.22. The molecule has 0 saturated carbocycles. The first kappa shape index (κ1) is 11.4. The Kier molecular flexibility index (Phi) is 3.65. The van der Waals surface area contributed by atoms with Gasteiger partial charge in [0.2, 0.25) is 0 Å². The molecule has 15 heavy (non-hydrogen) atoms. The van der Waals surface area contributed by atoms with E-state index in [1.807, 2.05) is 0 Å². The number of ether oxygens (including phenoxy) is 1. The second-order valence-corrected chi connectivity index (χ2v) is 5.56. The first-order valence-electron chi connectivity index (χ1n) is 6.22. The van der Waals surface area contributed by atoms with Gasteiger partial charge in [-0.15, -0.1) is 0 Å². The molecule has 0 aromatic rings. The molecular formula is C12H24N2O. The predicted molar refractivity (Wildman–Crippen MR) is 61.8 cm³/mol. The lowest BCUT2D eigenvalue weighted by Crippen LogP contribution is -2.32. The van der Waals surface area contributed by atoms with Gasteiger partial charge in [-0.25, -0.2) is 0 Å². The highest BCUT2D eigenvalue weighted by molar-refractivity contribution is 4.87. The fourth-order valence-corrected chi connectivity index (χ4v) is 2.66. The highest BCUT2D eigenvalue weighted by atomic mass is 16.5. The number of hydrogen-bond acceptors (Lipinski definition) is 3. The van der Waals surface area contributed by atoms with Gasteiger partial charge in [-0.05, 0) is 50.2 Å². The van der Waals surface area contributed by atoms with Crippen molar-refractivity contribution in [2.45, 2.75) is 26.2 Å². The van der Waals surface area contributed by atoms with E-state index in [2.05, 4.69) is 11.8 Å². The van der Waals surface area contributed by atoms with Crippen molar-refractivity contribution in [1.29, 1.82) is 0 Å². The van der Waals surface area contributed by atoms with E-state index in [1.165, 1.54) is 38.9 Å². The van der Waals surface area contributed by atoms with E-state index in [0.29, 0.717) is 5.41 Å². The van der Waals surface area contributed by atoms with Crippen LogP contribution in [0.15, 0.2) is 0 Å². The van der Waals surface area contributed by atoms with Crippen molar-refractivity contribution in [3.63, 3.8) is 0 Å². The van der Waals surface area contributed by atoms with Gasteiger partial charge in [0.25, 0.3) is 0 Å². The van der Waals surface area contributed by atoms with Crippen molar-refractivity contribution in [2.24, 2.45) is 17.1 Å². The van der Waals surface area contributed by atoms with Gasteiger partial charge in [0.15, 0.2) is 0 Å². The number of rotatable bonds is 4. The monoisotopic (exact) mass is 212 g/mol.